The highest BCUT2D eigenvalue weighted by atomic mass is 16.6. The minimum absolute atomic E-state index is 0.333. The Kier molecular flexibility index (Phi) is 5.31. The number of esters is 1. The molecule has 1 aliphatic carbocycles. The molecule has 1 saturated carbocycles. The second-order valence-electron chi connectivity index (χ2n) is 5.84. The number of phenolic OH excluding ortho intramolecular Hbond substituents is 2. The first-order valence-corrected chi connectivity index (χ1v) is 7.33. The molecule has 0 unspecified atom stereocenters. The number of aliphatic hydroxyl groups is 3. The number of aromatic hydroxyl groups is 2. The summed E-state index contributed by atoms with van der Waals surface area (Å²) in [5.41, 5.74) is -2.06. The Hall–Kier alpha value is -2.62. The number of carbonyl (C=O) groups excluding carboxylic acids is 2. The van der Waals surface area contributed by atoms with Crippen LogP contribution < -0.4 is 5.11 Å². The second kappa shape index (κ2) is 7.09. The van der Waals surface area contributed by atoms with Gasteiger partial charge in [-0.2, -0.15) is 0 Å². The zero-order chi connectivity index (χ0) is 18.8. The molecule has 0 aromatic heterocycles. The third kappa shape index (κ3) is 4.27. The van der Waals surface area contributed by atoms with Gasteiger partial charge in [0.2, 0.25) is 0 Å². The number of ether oxygens (including phenoxy) is 1. The van der Waals surface area contributed by atoms with E-state index in [-0.39, 0.29) is 11.5 Å². The molecule has 0 spiro atoms. The van der Waals surface area contributed by atoms with E-state index in [4.69, 9.17) is 4.74 Å². The molecule has 4 atom stereocenters. The van der Waals surface area contributed by atoms with E-state index in [0.717, 1.165) is 6.08 Å². The molecule has 0 radical (unpaired) electrons. The highest BCUT2D eigenvalue weighted by Gasteiger charge is 2.46. The van der Waals surface area contributed by atoms with Gasteiger partial charge in [-0.3, -0.25) is 0 Å². The van der Waals surface area contributed by atoms with E-state index in [2.05, 4.69) is 0 Å². The van der Waals surface area contributed by atoms with E-state index in [1.807, 2.05) is 0 Å². The number of aliphatic hydroxyl groups excluding tert-OH is 2. The molecule has 1 aromatic rings. The van der Waals surface area contributed by atoms with Crippen LogP contribution in [0.1, 0.15) is 18.4 Å². The van der Waals surface area contributed by atoms with Crippen LogP contribution in [0.15, 0.2) is 24.3 Å². The molecule has 0 heterocycles. The van der Waals surface area contributed by atoms with Crippen molar-refractivity contribution in [2.24, 2.45) is 0 Å². The largest absolute Gasteiger partial charge is 0.547 e. The van der Waals surface area contributed by atoms with Crippen molar-refractivity contribution in [3.05, 3.63) is 29.8 Å². The highest BCUT2D eigenvalue weighted by molar-refractivity contribution is 5.87. The van der Waals surface area contributed by atoms with Gasteiger partial charge in [0.25, 0.3) is 0 Å². The summed E-state index contributed by atoms with van der Waals surface area (Å²) >= 11 is 0. The summed E-state index contributed by atoms with van der Waals surface area (Å²) in [7, 11) is 0. The Morgan fingerprint density at radius 2 is 1.88 bits per heavy atom. The molecule has 0 bridgehead atoms. The predicted molar refractivity (Wildman–Crippen MR) is 79.9 cm³/mol. The number of hydrogen-bond donors (Lipinski definition) is 5. The van der Waals surface area contributed by atoms with Gasteiger partial charge in [-0.1, -0.05) is 6.07 Å². The molecule has 25 heavy (non-hydrogen) atoms. The molecule has 136 valence electrons. The van der Waals surface area contributed by atoms with Gasteiger partial charge < -0.3 is 40.2 Å². The van der Waals surface area contributed by atoms with Crippen LogP contribution in [-0.2, 0) is 14.3 Å². The van der Waals surface area contributed by atoms with Crippen molar-refractivity contribution < 1.29 is 45.0 Å². The Labute approximate surface area is 142 Å². The fourth-order valence-corrected chi connectivity index (χ4v) is 2.53. The van der Waals surface area contributed by atoms with Crippen molar-refractivity contribution in [3.63, 3.8) is 0 Å². The first-order chi connectivity index (χ1) is 11.6. The summed E-state index contributed by atoms with van der Waals surface area (Å²) in [6.45, 7) is 0. The first kappa shape index (κ1) is 18.7. The second-order valence-corrected chi connectivity index (χ2v) is 5.84. The molecular formula is C16H17O9-. The molecule has 1 aliphatic rings. The predicted octanol–water partition coefficient (Wildman–Crippen LogP) is -1.98. The molecule has 1 fully saturated rings. The molecule has 9 heteroatoms. The number of aliphatic carboxylic acids is 1. The number of carboxylic acids is 1. The van der Waals surface area contributed by atoms with Crippen molar-refractivity contribution in [2.45, 2.75) is 36.8 Å². The van der Waals surface area contributed by atoms with Crippen molar-refractivity contribution in [2.75, 3.05) is 0 Å². The minimum Gasteiger partial charge on any atom is -0.547 e. The van der Waals surface area contributed by atoms with Gasteiger partial charge in [0, 0.05) is 18.9 Å². The van der Waals surface area contributed by atoms with Gasteiger partial charge in [-0.05, 0) is 23.8 Å². The van der Waals surface area contributed by atoms with Crippen LogP contribution in [0.3, 0.4) is 0 Å². The van der Waals surface area contributed by atoms with Crippen molar-refractivity contribution in [1.29, 1.82) is 0 Å². The van der Waals surface area contributed by atoms with Gasteiger partial charge in [0.05, 0.1) is 12.1 Å². The number of carboxylic acid groups (broad SMARTS) is 1. The minimum atomic E-state index is -2.42. The summed E-state index contributed by atoms with van der Waals surface area (Å²) < 4.78 is 4.90. The SMILES string of the molecule is O=C(/C=C/c1ccc(O)c(O)c1)O[C@@H]1C[C@](O)(C(=O)[O-])C[C@@H](O)[C@@H]1O. The summed E-state index contributed by atoms with van der Waals surface area (Å²) in [5.74, 6) is -3.53. The lowest BCUT2D eigenvalue weighted by Gasteiger charge is -2.41. The quantitative estimate of drug-likeness (QED) is 0.234. The Bertz CT molecular complexity index is 699. The average Bonchev–Trinajstić information content (AvgIpc) is 2.53. The maximum absolute atomic E-state index is 11.8. The number of phenols is 2. The van der Waals surface area contributed by atoms with Crippen LogP contribution in [0, 0.1) is 0 Å². The molecule has 0 aliphatic heterocycles. The molecule has 1 aromatic carbocycles. The molecule has 2 rings (SSSR count). The smallest absolute Gasteiger partial charge is 0.331 e. The van der Waals surface area contributed by atoms with E-state index >= 15 is 0 Å². The number of rotatable bonds is 4. The zero-order valence-corrected chi connectivity index (χ0v) is 12.9. The van der Waals surface area contributed by atoms with E-state index in [0.29, 0.717) is 5.56 Å². The van der Waals surface area contributed by atoms with Crippen LogP contribution in [0.4, 0.5) is 0 Å². The van der Waals surface area contributed by atoms with Gasteiger partial charge in [-0.15, -0.1) is 0 Å². The molecule has 0 amide bonds. The lowest BCUT2D eigenvalue weighted by atomic mass is 9.79. The van der Waals surface area contributed by atoms with Gasteiger partial charge in [-0.25, -0.2) is 4.79 Å². The molecule has 5 N–H and O–H groups in total. The lowest BCUT2D eigenvalue weighted by molar-refractivity contribution is -0.331. The summed E-state index contributed by atoms with van der Waals surface area (Å²) in [6, 6.07) is 3.81. The van der Waals surface area contributed by atoms with Crippen molar-refractivity contribution in [3.8, 4) is 11.5 Å². The molecular weight excluding hydrogens is 336 g/mol. The molecule has 9 nitrogen and oxygen atoms in total. The normalized spacial score (nSPS) is 29.5. The van der Waals surface area contributed by atoms with Crippen LogP contribution in [0.25, 0.3) is 6.08 Å². The number of hydrogen-bond acceptors (Lipinski definition) is 9. The Balaban J connectivity index is 2.06. The topological polar surface area (TPSA) is 168 Å². The Morgan fingerprint density at radius 3 is 2.48 bits per heavy atom. The fourth-order valence-electron chi connectivity index (χ4n) is 2.53. The van der Waals surface area contributed by atoms with Gasteiger partial charge in [0.15, 0.2) is 11.5 Å². The van der Waals surface area contributed by atoms with E-state index in [9.17, 15) is 40.2 Å². The van der Waals surface area contributed by atoms with Crippen LogP contribution in [0.5, 0.6) is 11.5 Å². The third-order valence-corrected chi connectivity index (χ3v) is 3.92. The van der Waals surface area contributed by atoms with E-state index in [1.54, 1.807) is 0 Å². The maximum atomic E-state index is 11.8. The highest BCUT2D eigenvalue weighted by Crippen LogP contribution is 2.31. The number of benzene rings is 1. The lowest BCUT2D eigenvalue weighted by Crippen LogP contribution is -2.60. The standard InChI is InChI=1S/C16H18O9/c17-9-3-1-8(5-10(9)18)2-4-13(20)25-12-7-16(24,15(22)23)6-11(19)14(12)21/h1-5,11-12,14,17-19,21,24H,6-7H2,(H,22,23)/p-1/b4-2+/t11-,12-,14+,16+/m1/s1. The maximum Gasteiger partial charge on any atom is 0.331 e. The molecule has 0 saturated heterocycles. The summed E-state index contributed by atoms with van der Waals surface area (Å²) in [5, 5.41) is 58.9. The first-order valence-electron chi connectivity index (χ1n) is 7.33. The van der Waals surface area contributed by atoms with Crippen molar-refractivity contribution in [1.82, 2.24) is 0 Å². The summed E-state index contributed by atoms with van der Waals surface area (Å²) in [6.07, 6.45) is -3.70. The van der Waals surface area contributed by atoms with Gasteiger partial charge >= 0.3 is 5.97 Å². The van der Waals surface area contributed by atoms with Crippen LogP contribution in [-0.4, -0.2) is 61.4 Å². The average molecular weight is 353 g/mol. The zero-order valence-electron chi connectivity index (χ0n) is 12.9. The monoisotopic (exact) mass is 353 g/mol. The van der Waals surface area contributed by atoms with Crippen molar-refractivity contribution >= 4 is 18.0 Å². The van der Waals surface area contributed by atoms with Crippen LogP contribution >= 0.6 is 0 Å². The summed E-state index contributed by atoms with van der Waals surface area (Å²) in [4.78, 5) is 22.8. The van der Waals surface area contributed by atoms with Gasteiger partial charge in [0.1, 0.15) is 17.8 Å². The van der Waals surface area contributed by atoms with E-state index in [1.165, 1.54) is 24.3 Å². The third-order valence-electron chi connectivity index (χ3n) is 3.92. The fraction of sp³-hybridized carbons (Fsp3) is 0.375. The van der Waals surface area contributed by atoms with Crippen LogP contribution in [0.2, 0.25) is 0 Å². The number of carbonyl (C=O) groups is 2. The Morgan fingerprint density at radius 1 is 1.20 bits per heavy atom. The van der Waals surface area contributed by atoms with E-state index < -0.39 is 48.7 Å².